The third-order valence-electron chi connectivity index (χ3n) is 2.97. The summed E-state index contributed by atoms with van der Waals surface area (Å²) in [4.78, 5) is 24.0. The molecule has 1 N–H and O–H groups in total. The molecule has 0 unspecified atom stereocenters. The Bertz CT molecular complexity index is 879. The molecule has 0 bridgehead atoms. The molecule has 9 heteroatoms. The number of hydrogen-bond donors (Lipinski definition) is 1. The van der Waals surface area contributed by atoms with Gasteiger partial charge in [0.1, 0.15) is 5.21 Å². The Kier molecular flexibility index (Phi) is 5.17. The van der Waals surface area contributed by atoms with Gasteiger partial charge in [0.05, 0.1) is 5.69 Å². The van der Waals surface area contributed by atoms with E-state index in [2.05, 4.69) is 5.10 Å². The minimum absolute atomic E-state index is 0.513. The van der Waals surface area contributed by atoms with E-state index in [1.54, 1.807) is 29.0 Å². The molecule has 0 spiro atoms. The van der Waals surface area contributed by atoms with Crippen molar-refractivity contribution in [3.63, 3.8) is 0 Å². The number of nitrogens with one attached hydrogen (secondary N) is 1. The lowest BCUT2D eigenvalue weighted by atomic mass is 10.2. The van der Waals surface area contributed by atoms with Crippen molar-refractivity contribution in [1.82, 2.24) is 14.5 Å². The van der Waals surface area contributed by atoms with Crippen LogP contribution >= 0.6 is 11.6 Å². The first-order valence-electron chi connectivity index (χ1n) is 6.67. The molecule has 1 aromatic heterocycles. The van der Waals surface area contributed by atoms with Crippen LogP contribution < -0.4 is 10.2 Å². The smallest absolute Gasteiger partial charge is 0.287 e. The number of alkyl halides is 1. The summed E-state index contributed by atoms with van der Waals surface area (Å²) in [6.45, 7) is 1.84. The molecule has 1 amide bonds. The zero-order valence-electron chi connectivity index (χ0n) is 12.2. The lowest BCUT2D eigenvalue weighted by Crippen LogP contribution is -2.36. The highest BCUT2D eigenvalue weighted by atomic mass is 35.5. The summed E-state index contributed by atoms with van der Waals surface area (Å²) >= 11 is 5.23. The Morgan fingerprint density at radius 2 is 1.96 bits per heavy atom. The van der Waals surface area contributed by atoms with Gasteiger partial charge in [-0.2, -0.15) is 5.10 Å². The van der Waals surface area contributed by atoms with Gasteiger partial charge >= 0.3 is 0 Å². The van der Waals surface area contributed by atoms with E-state index in [9.17, 15) is 18.0 Å². The summed E-state index contributed by atoms with van der Waals surface area (Å²) in [6.07, 6.45) is 0.513. The first-order chi connectivity index (χ1) is 10.9. The number of aromatic nitrogens is 2. The van der Waals surface area contributed by atoms with Gasteiger partial charge in [0.2, 0.25) is 15.5 Å². The van der Waals surface area contributed by atoms with E-state index >= 15 is 0 Å². The summed E-state index contributed by atoms with van der Waals surface area (Å²) < 4.78 is 25.9. The zero-order chi connectivity index (χ0) is 17.0. The fourth-order valence-corrected chi connectivity index (χ4v) is 2.51. The number of benzene rings is 1. The number of para-hydroxylation sites is 1. The van der Waals surface area contributed by atoms with Crippen molar-refractivity contribution in [2.24, 2.45) is 0 Å². The van der Waals surface area contributed by atoms with Gasteiger partial charge in [0.25, 0.3) is 5.91 Å². The zero-order valence-corrected chi connectivity index (χ0v) is 13.8. The van der Waals surface area contributed by atoms with Gasteiger partial charge in [-0.3, -0.25) is 9.59 Å². The minimum Gasteiger partial charge on any atom is -0.287 e. The monoisotopic (exact) mass is 355 g/mol. The summed E-state index contributed by atoms with van der Waals surface area (Å²) in [5.41, 5.74) is 0.0765. The predicted molar refractivity (Wildman–Crippen MR) is 86.3 cm³/mol. The number of carbonyl (C=O) groups is 1. The van der Waals surface area contributed by atoms with Crippen LogP contribution in [0.25, 0.3) is 5.69 Å². The Labute approximate surface area is 138 Å². The number of nitrogens with zero attached hydrogens (tertiary/aromatic N) is 2. The molecule has 0 saturated carbocycles. The number of aryl methyl sites for hydroxylation is 1. The van der Waals surface area contributed by atoms with Crippen molar-refractivity contribution in [2.75, 3.05) is 5.21 Å². The van der Waals surface area contributed by atoms with E-state index in [-0.39, 0.29) is 0 Å². The number of amides is 1. The SMILES string of the molecule is CCc1cc(=O)c(C(=O)NS(=O)(=O)CCl)nn1-c1ccccc1. The number of hydrogen-bond acceptors (Lipinski definition) is 5. The molecule has 0 fully saturated rings. The second-order valence-corrected chi connectivity index (χ2v) is 6.91. The van der Waals surface area contributed by atoms with E-state index in [4.69, 9.17) is 11.6 Å². The molecule has 0 aliphatic heterocycles. The molecule has 2 aromatic rings. The first kappa shape index (κ1) is 17.2. The van der Waals surface area contributed by atoms with Crippen molar-refractivity contribution in [3.8, 4) is 5.69 Å². The minimum atomic E-state index is -4.00. The molecule has 0 saturated heterocycles. The van der Waals surface area contributed by atoms with Crippen LogP contribution in [-0.2, 0) is 16.4 Å². The summed E-state index contributed by atoms with van der Waals surface area (Å²) in [5.74, 6) is -1.11. The van der Waals surface area contributed by atoms with Crippen molar-refractivity contribution in [2.45, 2.75) is 13.3 Å². The third kappa shape index (κ3) is 3.96. The molecule has 0 aliphatic carbocycles. The van der Waals surface area contributed by atoms with E-state index < -0.39 is 32.3 Å². The second kappa shape index (κ2) is 6.93. The maximum atomic E-state index is 12.0. The quantitative estimate of drug-likeness (QED) is 0.808. The molecule has 0 radical (unpaired) electrons. The third-order valence-corrected chi connectivity index (χ3v) is 4.62. The van der Waals surface area contributed by atoms with Crippen LogP contribution in [0.1, 0.15) is 23.1 Å². The van der Waals surface area contributed by atoms with Gasteiger partial charge in [0, 0.05) is 11.8 Å². The van der Waals surface area contributed by atoms with E-state index in [1.165, 1.54) is 10.7 Å². The normalized spacial score (nSPS) is 11.2. The Balaban J connectivity index is 2.54. The van der Waals surface area contributed by atoms with Crippen LogP contribution in [0.4, 0.5) is 0 Å². The Morgan fingerprint density at radius 1 is 1.30 bits per heavy atom. The molecule has 122 valence electrons. The molecule has 0 atom stereocenters. The van der Waals surface area contributed by atoms with Crippen LogP contribution in [0.2, 0.25) is 0 Å². The Hall–Kier alpha value is -2.19. The van der Waals surface area contributed by atoms with Crippen molar-refractivity contribution < 1.29 is 13.2 Å². The van der Waals surface area contributed by atoms with Crippen molar-refractivity contribution in [3.05, 3.63) is 58.0 Å². The average Bonchev–Trinajstić information content (AvgIpc) is 2.54. The predicted octanol–water partition coefficient (Wildman–Crippen LogP) is 1.05. The first-order valence-corrected chi connectivity index (χ1v) is 8.86. The summed E-state index contributed by atoms with van der Waals surface area (Å²) in [5, 5.41) is 3.22. The topological polar surface area (TPSA) is 98.1 Å². The molecule has 2 rings (SSSR count). The Morgan fingerprint density at radius 3 is 2.52 bits per heavy atom. The maximum absolute atomic E-state index is 12.0. The average molecular weight is 356 g/mol. The van der Waals surface area contributed by atoms with Gasteiger partial charge in [-0.1, -0.05) is 25.1 Å². The number of carbonyl (C=O) groups excluding carboxylic acids is 1. The number of halogens is 1. The van der Waals surface area contributed by atoms with Gasteiger partial charge < -0.3 is 0 Å². The van der Waals surface area contributed by atoms with Crippen molar-refractivity contribution in [1.29, 1.82) is 0 Å². The van der Waals surface area contributed by atoms with Gasteiger partial charge in [0.15, 0.2) is 5.69 Å². The molecule has 1 aromatic carbocycles. The standard InChI is InChI=1S/C14H14ClN3O4S/c1-2-10-8-12(19)13(14(20)17-23(21,22)9-15)16-18(10)11-6-4-3-5-7-11/h3-8H,2,9H2,1H3,(H,17,20). The number of sulfonamides is 1. The van der Waals surface area contributed by atoms with Gasteiger partial charge in [-0.25, -0.2) is 17.8 Å². The summed E-state index contributed by atoms with van der Waals surface area (Å²) in [7, 11) is -4.00. The van der Waals surface area contributed by atoms with Crippen LogP contribution in [0.15, 0.2) is 41.2 Å². The number of rotatable bonds is 5. The highest BCUT2D eigenvalue weighted by molar-refractivity contribution is 7.91. The maximum Gasteiger partial charge on any atom is 0.289 e. The van der Waals surface area contributed by atoms with E-state index in [0.29, 0.717) is 17.8 Å². The molecule has 0 aliphatic rings. The highest BCUT2D eigenvalue weighted by Gasteiger charge is 2.20. The molecule has 1 heterocycles. The molecular weight excluding hydrogens is 342 g/mol. The lowest BCUT2D eigenvalue weighted by molar-refractivity contribution is 0.0974. The van der Waals surface area contributed by atoms with Crippen molar-refractivity contribution >= 4 is 27.5 Å². The molecule has 23 heavy (non-hydrogen) atoms. The van der Waals surface area contributed by atoms with Crippen LogP contribution in [-0.4, -0.2) is 29.3 Å². The van der Waals surface area contributed by atoms with E-state index in [0.717, 1.165) is 0 Å². The molecule has 7 nitrogen and oxygen atoms in total. The fourth-order valence-electron chi connectivity index (χ4n) is 1.91. The lowest BCUT2D eigenvalue weighted by Gasteiger charge is -2.12. The molecular formula is C14H14ClN3O4S. The van der Waals surface area contributed by atoms with Gasteiger partial charge in [-0.05, 0) is 18.6 Å². The fraction of sp³-hybridized carbons (Fsp3) is 0.214. The van der Waals surface area contributed by atoms with E-state index in [1.807, 2.05) is 13.0 Å². The van der Waals surface area contributed by atoms with Crippen LogP contribution in [0.3, 0.4) is 0 Å². The van der Waals surface area contributed by atoms with Crippen LogP contribution in [0, 0.1) is 0 Å². The highest BCUT2D eigenvalue weighted by Crippen LogP contribution is 2.09. The van der Waals surface area contributed by atoms with Gasteiger partial charge in [-0.15, -0.1) is 11.6 Å². The largest absolute Gasteiger partial charge is 0.289 e. The van der Waals surface area contributed by atoms with Crippen LogP contribution in [0.5, 0.6) is 0 Å². The second-order valence-electron chi connectivity index (χ2n) is 4.60. The summed E-state index contributed by atoms with van der Waals surface area (Å²) in [6, 6.07) is 10.2.